The van der Waals surface area contributed by atoms with Gasteiger partial charge in [0, 0.05) is 6.92 Å². The van der Waals surface area contributed by atoms with E-state index >= 15 is 0 Å². The molecule has 27 heavy (non-hydrogen) atoms. The van der Waals surface area contributed by atoms with Crippen molar-refractivity contribution >= 4 is 18.0 Å². The topological polar surface area (TPSA) is 82.1 Å². The fraction of sp³-hybridized carbons (Fsp3) is 0.550. The van der Waals surface area contributed by atoms with Crippen LogP contribution in [0.3, 0.4) is 0 Å². The van der Waals surface area contributed by atoms with E-state index in [-0.39, 0.29) is 13.2 Å². The zero-order valence-corrected chi connectivity index (χ0v) is 16.3. The maximum Gasteiger partial charge on any atom is 0.410 e. The minimum Gasteiger partial charge on any atom is -0.461 e. The van der Waals surface area contributed by atoms with Crippen LogP contribution in [0.5, 0.6) is 0 Å². The van der Waals surface area contributed by atoms with Crippen molar-refractivity contribution in [3.63, 3.8) is 0 Å². The molecule has 0 N–H and O–H groups in total. The molecule has 7 heteroatoms. The molecule has 0 spiro atoms. The molecule has 0 aliphatic carbocycles. The molecule has 0 bridgehead atoms. The first kappa shape index (κ1) is 20.7. The van der Waals surface area contributed by atoms with Crippen LogP contribution in [0.25, 0.3) is 0 Å². The van der Waals surface area contributed by atoms with Gasteiger partial charge in [-0.15, -0.1) is 0 Å². The van der Waals surface area contributed by atoms with Gasteiger partial charge in [-0.25, -0.2) is 9.59 Å². The highest BCUT2D eigenvalue weighted by molar-refractivity contribution is 5.82. The van der Waals surface area contributed by atoms with Gasteiger partial charge in [0.25, 0.3) is 0 Å². The van der Waals surface area contributed by atoms with Gasteiger partial charge in [0.2, 0.25) is 0 Å². The van der Waals surface area contributed by atoms with Gasteiger partial charge >= 0.3 is 18.0 Å². The second-order valence-corrected chi connectivity index (χ2v) is 7.55. The summed E-state index contributed by atoms with van der Waals surface area (Å²) in [6.45, 7) is 6.82. The molecule has 2 rings (SSSR count). The molecule has 1 heterocycles. The molecular weight excluding hydrogens is 350 g/mol. The Hall–Kier alpha value is -2.57. The molecular formula is C20H27NO6. The Morgan fingerprint density at radius 3 is 2.37 bits per heavy atom. The largest absolute Gasteiger partial charge is 0.461 e. The number of likely N-dealkylation sites (tertiary alicyclic amines) is 1. The van der Waals surface area contributed by atoms with E-state index in [1.54, 1.807) is 20.8 Å². The minimum absolute atomic E-state index is 0.0927. The molecule has 0 unspecified atom stereocenters. The van der Waals surface area contributed by atoms with Gasteiger partial charge < -0.3 is 14.2 Å². The third-order valence-corrected chi connectivity index (χ3v) is 3.99. The van der Waals surface area contributed by atoms with Crippen molar-refractivity contribution in [1.82, 2.24) is 4.90 Å². The predicted molar refractivity (Wildman–Crippen MR) is 97.8 cm³/mol. The number of piperidine rings is 1. The molecule has 0 saturated carbocycles. The monoisotopic (exact) mass is 377 g/mol. The zero-order chi connectivity index (χ0) is 20.0. The van der Waals surface area contributed by atoms with Crippen molar-refractivity contribution < 1.29 is 28.6 Å². The van der Waals surface area contributed by atoms with Gasteiger partial charge in [-0.05, 0) is 39.2 Å². The lowest BCUT2D eigenvalue weighted by atomic mass is 10.00. The van der Waals surface area contributed by atoms with E-state index in [0.29, 0.717) is 12.8 Å². The summed E-state index contributed by atoms with van der Waals surface area (Å²) in [4.78, 5) is 37.7. The van der Waals surface area contributed by atoms with E-state index in [1.807, 2.05) is 30.3 Å². The van der Waals surface area contributed by atoms with Gasteiger partial charge in [-0.2, -0.15) is 0 Å². The Bertz CT molecular complexity index is 667. The van der Waals surface area contributed by atoms with Gasteiger partial charge in [0.1, 0.15) is 24.4 Å². The van der Waals surface area contributed by atoms with Crippen LogP contribution < -0.4 is 0 Å². The van der Waals surface area contributed by atoms with Crippen LogP contribution in [0.2, 0.25) is 0 Å². The van der Waals surface area contributed by atoms with Crippen LogP contribution in [0.1, 0.15) is 46.1 Å². The normalized spacial score (nSPS) is 19.9. The molecule has 1 aromatic rings. The number of hydrogen-bond donors (Lipinski definition) is 0. The molecule has 1 fully saturated rings. The third kappa shape index (κ3) is 6.58. The van der Waals surface area contributed by atoms with E-state index in [4.69, 9.17) is 14.2 Å². The van der Waals surface area contributed by atoms with Crippen molar-refractivity contribution in [3.8, 4) is 0 Å². The highest BCUT2D eigenvalue weighted by atomic mass is 16.6. The van der Waals surface area contributed by atoms with Gasteiger partial charge in [0.05, 0.1) is 6.54 Å². The van der Waals surface area contributed by atoms with Gasteiger partial charge in [0.15, 0.2) is 0 Å². The summed E-state index contributed by atoms with van der Waals surface area (Å²) < 4.78 is 16.0. The number of rotatable bonds is 4. The molecule has 7 nitrogen and oxygen atoms in total. The number of amides is 1. The number of hydrogen-bond acceptors (Lipinski definition) is 6. The first-order valence-electron chi connectivity index (χ1n) is 9.03. The molecule has 1 amide bonds. The Morgan fingerprint density at radius 1 is 1.11 bits per heavy atom. The molecule has 1 aliphatic rings. The molecule has 0 radical (unpaired) electrons. The summed E-state index contributed by atoms with van der Waals surface area (Å²) in [5.74, 6) is -0.909. The van der Waals surface area contributed by atoms with Gasteiger partial charge in [-0.3, -0.25) is 9.69 Å². The van der Waals surface area contributed by atoms with Crippen molar-refractivity contribution in [2.75, 3.05) is 6.54 Å². The van der Waals surface area contributed by atoms with Crippen molar-refractivity contribution in [2.24, 2.45) is 0 Å². The fourth-order valence-corrected chi connectivity index (χ4v) is 2.89. The lowest BCUT2D eigenvalue weighted by molar-refractivity contribution is -0.165. The summed E-state index contributed by atoms with van der Waals surface area (Å²) in [5, 5.41) is 0. The number of benzene rings is 1. The average molecular weight is 377 g/mol. The number of esters is 2. The third-order valence-electron chi connectivity index (χ3n) is 3.99. The highest BCUT2D eigenvalue weighted by Gasteiger charge is 2.40. The van der Waals surface area contributed by atoms with Crippen molar-refractivity contribution in [3.05, 3.63) is 35.9 Å². The summed E-state index contributed by atoms with van der Waals surface area (Å²) in [7, 11) is 0. The lowest BCUT2D eigenvalue weighted by Gasteiger charge is -2.38. The fourth-order valence-electron chi connectivity index (χ4n) is 2.89. The highest BCUT2D eigenvalue weighted by Crippen LogP contribution is 2.24. The Labute approximate surface area is 159 Å². The summed E-state index contributed by atoms with van der Waals surface area (Å²) in [6, 6.07) is 8.50. The minimum atomic E-state index is -0.765. The molecule has 148 valence electrons. The van der Waals surface area contributed by atoms with Crippen LogP contribution in [0.15, 0.2) is 30.3 Å². The molecule has 1 aliphatic heterocycles. The number of nitrogens with zero attached hydrogens (tertiary/aromatic N) is 1. The second kappa shape index (κ2) is 8.88. The number of carbonyl (C=O) groups is 3. The maximum atomic E-state index is 12.6. The molecule has 1 aromatic carbocycles. The van der Waals surface area contributed by atoms with Crippen LogP contribution in [0.4, 0.5) is 4.79 Å². The Kier molecular flexibility index (Phi) is 6.82. The van der Waals surface area contributed by atoms with E-state index in [0.717, 1.165) is 5.56 Å². The number of ether oxygens (including phenoxy) is 3. The van der Waals surface area contributed by atoms with Crippen LogP contribution in [0, 0.1) is 0 Å². The molecule has 0 aromatic heterocycles. The van der Waals surface area contributed by atoms with E-state index in [2.05, 4.69) is 0 Å². The summed E-state index contributed by atoms with van der Waals surface area (Å²) in [5.41, 5.74) is 0.178. The van der Waals surface area contributed by atoms with E-state index < -0.39 is 35.8 Å². The molecule has 2 atom stereocenters. The average Bonchev–Trinajstić information content (AvgIpc) is 2.58. The van der Waals surface area contributed by atoms with E-state index in [9.17, 15) is 14.4 Å². The van der Waals surface area contributed by atoms with Gasteiger partial charge in [-0.1, -0.05) is 30.3 Å². The quantitative estimate of drug-likeness (QED) is 0.592. The zero-order valence-electron chi connectivity index (χ0n) is 16.3. The van der Waals surface area contributed by atoms with Crippen LogP contribution in [-0.4, -0.2) is 47.2 Å². The first-order chi connectivity index (χ1) is 12.7. The van der Waals surface area contributed by atoms with Crippen molar-refractivity contribution in [1.29, 1.82) is 0 Å². The van der Waals surface area contributed by atoms with E-state index in [1.165, 1.54) is 11.8 Å². The van der Waals surface area contributed by atoms with Crippen molar-refractivity contribution in [2.45, 2.75) is 64.9 Å². The summed E-state index contributed by atoms with van der Waals surface area (Å²) >= 11 is 0. The smallest absolute Gasteiger partial charge is 0.410 e. The Morgan fingerprint density at radius 2 is 1.78 bits per heavy atom. The predicted octanol–water partition coefficient (Wildman–Crippen LogP) is 3.06. The second-order valence-electron chi connectivity index (χ2n) is 7.55. The van der Waals surface area contributed by atoms with Crippen LogP contribution >= 0.6 is 0 Å². The lowest BCUT2D eigenvalue weighted by Crippen LogP contribution is -2.54. The maximum absolute atomic E-state index is 12.6. The van der Waals surface area contributed by atoms with Crippen LogP contribution in [-0.2, 0) is 30.4 Å². The standard InChI is InChI=1S/C20H27NO6/c1-14(22)26-16-10-11-17(18(23)27-20(2,3)4)21(12-16)19(24)25-13-15-8-6-5-7-9-15/h5-9,16-17H,10-13H2,1-4H3/t16-,17+/m1/s1. The first-order valence-corrected chi connectivity index (χ1v) is 9.03. The number of carbonyl (C=O) groups excluding carboxylic acids is 3. The SMILES string of the molecule is CC(=O)O[C@@H]1CC[C@@H](C(=O)OC(C)(C)C)N(C(=O)OCc2ccccc2)C1. The molecule has 1 saturated heterocycles. The summed E-state index contributed by atoms with van der Waals surface area (Å²) in [6.07, 6.45) is -0.281. The Balaban J connectivity index is 2.08.